The van der Waals surface area contributed by atoms with Crippen molar-refractivity contribution >= 4 is 23.1 Å². The second kappa shape index (κ2) is 21.6. The van der Waals surface area contributed by atoms with Gasteiger partial charge in [-0.2, -0.15) is 0 Å². The molecule has 0 saturated heterocycles. The summed E-state index contributed by atoms with van der Waals surface area (Å²) in [5, 5.41) is 8.04. The largest absolute Gasteiger partial charge is 0.315 e. The molecular weight excluding hydrogens is 733 g/mol. The van der Waals surface area contributed by atoms with Crippen LogP contribution >= 0.6 is 0 Å². The second-order valence-corrected chi connectivity index (χ2v) is 15.4. The number of hydrogen-bond acceptors (Lipinski definition) is 8. The van der Waals surface area contributed by atoms with E-state index in [9.17, 15) is 19.2 Å². The standard InChI is InChI=1S/3C13H17NO.C12H15NO/c3*1-14-13(10-6-5-9-12(13)15)11-7-3-2-4-8-11;13-12(9-5-4-8-11(12)14)10-6-2-1-3-7-10/h3*2-4,7-8,14H,5-6,9-10H2,1H3;1-3,6-7H,4-5,8-9,13H2/t3*13-;12-/m0000/s1/i1D3,9D2;9D2;1D3;8D2. The highest BCUT2D eigenvalue weighted by molar-refractivity contribution is 5.92. The van der Waals surface area contributed by atoms with Crippen LogP contribution in [0.1, 0.15) is 141 Å². The fourth-order valence-corrected chi connectivity index (χ4v) is 8.32. The first-order chi connectivity index (χ1) is 33.1. The van der Waals surface area contributed by atoms with E-state index in [2.05, 4.69) is 16.0 Å². The minimum absolute atomic E-state index is 0.0175. The molecule has 0 amide bonds. The summed E-state index contributed by atoms with van der Waals surface area (Å²) in [6, 6.07) is 36.2. The number of carbonyl (C=O) groups excluding carboxylic acids is 4. The summed E-state index contributed by atoms with van der Waals surface area (Å²) < 4.78 is 91.1. The van der Waals surface area contributed by atoms with Crippen LogP contribution in [0.4, 0.5) is 0 Å². The predicted octanol–water partition coefficient (Wildman–Crippen LogP) is 8.72. The van der Waals surface area contributed by atoms with E-state index < -0.39 is 66.8 Å². The molecule has 4 aliphatic rings. The molecule has 4 aromatic carbocycles. The number of nitrogens with one attached hydrogen (secondary N) is 3. The number of benzene rings is 4. The van der Waals surface area contributed by atoms with Gasteiger partial charge in [-0.3, -0.25) is 19.2 Å². The molecule has 0 bridgehead atoms. The fourth-order valence-electron chi connectivity index (χ4n) is 8.32. The first kappa shape index (κ1) is 31.3. The van der Waals surface area contributed by atoms with E-state index in [1.165, 1.54) is 0 Å². The molecule has 4 saturated carbocycles. The monoisotopic (exact) mass is 811 g/mol. The maximum absolute atomic E-state index is 12.6. The maximum atomic E-state index is 12.6. The lowest BCUT2D eigenvalue weighted by atomic mass is 9.76. The highest BCUT2D eigenvalue weighted by Crippen LogP contribution is 2.36. The summed E-state index contributed by atoms with van der Waals surface area (Å²) in [5.74, 6) is -1.54. The summed E-state index contributed by atoms with van der Waals surface area (Å²) in [6.45, 7) is -4.83. The Morgan fingerprint density at radius 1 is 0.441 bits per heavy atom. The fraction of sp³-hybridized carbons (Fsp3) is 0.451. The van der Waals surface area contributed by atoms with Crippen LogP contribution in [0, 0.1) is 0 Å². The molecule has 4 aromatic rings. The van der Waals surface area contributed by atoms with Crippen molar-refractivity contribution in [3.63, 3.8) is 0 Å². The van der Waals surface area contributed by atoms with E-state index in [1.807, 2.05) is 78.9 Å². The van der Waals surface area contributed by atoms with Gasteiger partial charge in [-0.05, 0) is 94.6 Å². The number of nitrogens with two attached hydrogens (primary N) is 1. The third-order valence-corrected chi connectivity index (χ3v) is 11.9. The third-order valence-electron chi connectivity index (χ3n) is 11.9. The van der Waals surface area contributed by atoms with Gasteiger partial charge in [0.05, 0.1) is 0 Å². The molecule has 8 rings (SSSR count). The first-order valence-electron chi connectivity index (χ1n) is 26.6. The SMILES string of the molecule is [2H]C([2H])([2H])N[C@]1(c2ccccc2)CCCC([2H])([2H])C1=O.[2H]C([2H])([2H])N[C@]1(c2ccccc2)CCCCC1=O.[2H]C1([2H])CCC[C@](N)(c2ccccc2)C1=O.[2H]C1([2H])CCC[C@](NC)(c2ccccc2)C1=O. The van der Waals surface area contributed by atoms with Gasteiger partial charge in [0, 0.05) is 42.0 Å². The molecule has 8 heteroatoms. The third kappa shape index (κ3) is 10.4. The Labute approximate surface area is 369 Å². The summed E-state index contributed by atoms with van der Waals surface area (Å²) in [5.41, 5.74) is 4.42. The van der Waals surface area contributed by atoms with Crippen LogP contribution in [0.2, 0.25) is 0 Å². The summed E-state index contributed by atoms with van der Waals surface area (Å²) in [7, 11) is 1.73. The van der Waals surface area contributed by atoms with E-state index in [1.54, 1.807) is 49.5 Å². The van der Waals surface area contributed by atoms with Gasteiger partial charge in [-0.25, -0.2) is 0 Å². The van der Waals surface area contributed by atoms with Crippen LogP contribution in [0.25, 0.3) is 0 Å². The Kier molecular flexibility index (Phi) is 11.5. The summed E-state index contributed by atoms with van der Waals surface area (Å²) >= 11 is 0. The van der Waals surface area contributed by atoms with Crippen LogP contribution in [0.3, 0.4) is 0 Å². The lowest BCUT2D eigenvalue weighted by Crippen LogP contribution is -2.49. The maximum Gasteiger partial charge on any atom is 0.157 e. The van der Waals surface area contributed by atoms with Gasteiger partial charge < -0.3 is 21.7 Å². The zero-order valence-corrected chi connectivity index (χ0v) is 33.9. The second-order valence-electron chi connectivity index (χ2n) is 15.4. The summed E-state index contributed by atoms with van der Waals surface area (Å²) in [4.78, 5) is 49.3. The van der Waals surface area contributed by atoms with E-state index in [0.717, 1.165) is 24.0 Å². The van der Waals surface area contributed by atoms with Gasteiger partial charge in [-0.1, -0.05) is 147 Å². The lowest BCUT2D eigenvalue weighted by molar-refractivity contribution is -0.128. The molecule has 4 aliphatic carbocycles. The van der Waals surface area contributed by atoms with Gasteiger partial charge in [-0.15, -0.1) is 0 Å². The van der Waals surface area contributed by atoms with E-state index in [-0.39, 0.29) is 30.8 Å². The van der Waals surface area contributed by atoms with Crippen molar-refractivity contribution in [3.05, 3.63) is 144 Å². The topological polar surface area (TPSA) is 130 Å². The van der Waals surface area contributed by atoms with Gasteiger partial charge in [0.25, 0.3) is 0 Å². The summed E-state index contributed by atoms with van der Waals surface area (Å²) in [6.07, 6.45) is 1.19. The number of ketones is 4. The molecule has 4 fully saturated rings. The van der Waals surface area contributed by atoms with Crippen LogP contribution in [-0.4, -0.2) is 44.1 Å². The Balaban J connectivity index is 0.000000177. The minimum Gasteiger partial charge on any atom is -0.315 e. The van der Waals surface area contributed by atoms with Crippen LogP contribution in [0.5, 0.6) is 0 Å². The molecule has 0 radical (unpaired) electrons. The minimum atomic E-state index is -2.51. The first-order valence-corrected chi connectivity index (χ1v) is 20.6. The molecule has 59 heavy (non-hydrogen) atoms. The molecule has 0 heterocycles. The Morgan fingerprint density at radius 3 is 1.17 bits per heavy atom. The van der Waals surface area contributed by atoms with Crippen molar-refractivity contribution < 1.29 is 35.6 Å². The van der Waals surface area contributed by atoms with Gasteiger partial charge in [0.2, 0.25) is 0 Å². The number of hydrogen-bond donors (Lipinski definition) is 4. The van der Waals surface area contributed by atoms with Crippen LogP contribution < -0.4 is 21.7 Å². The number of likely N-dealkylation sites (N-methyl/N-ethyl adjacent to an activating group) is 3. The van der Waals surface area contributed by atoms with Crippen molar-refractivity contribution in [2.24, 2.45) is 5.73 Å². The average molecular weight is 811 g/mol. The number of Topliss-reactive ketones (excluding diaryl/α,β-unsaturated/α-hetero) is 4. The Morgan fingerprint density at radius 2 is 0.780 bits per heavy atom. The van der Waals surface area contributed by atoms with Crippen molar-refractivity contribution in [1.82, 2.24) is 16.0 Å². The molecule has 4 atom stereocenters. The molecule has 8 nitrogen and oxygen atoms in total. The molecule has 0 aliphatic heterocycles. The normalized spacial score (nSPS) is 32.8. The van der Waals surface area contributed by atoms with Crippen LogP contribution in [-0.2, 0) is 41.3 Å². The zero-order valence-electron chi connectivity index (χ0n) is 45.9. The smallest absolute Gasteiger partial charge is 0.157 e. The average Bonchev–Trinajstić information content (AvgIpc) is 3.32. The van der Waals surface area contributed by atoms with Crippen molar-refractivity contribution in [1.29, 1.82) is 0 Å². The quantitative estimate of drug-likeness (QED) is 0.146. The number of carbonyl (C=O) groups is 4. The van der Waals surface area contributed by atoms with E-state index >= 15 is 0 Å². The van der Waals surface area contributed by atoms with Crippen molar-refractivity contribution in [2.75, 3.05) is 21.0 Å². The molecule has 5 N–H and O–H groups in total. The molecule has 314 valence electrons. The highest BCUT2D eigenvalue weighted by atomic mass is 16.1. The Hall–Kier alpha value is -4.60. The predicted molar refractivity (Wildman–Crippen MR) is 238 cm³/mol. The van der Waals surface area contributed by atoms with Gasteiger partial charge >= 0.3 is 0 Å². The molecule has 0 spiro atoms. The van der Waals surface area contributed by atoms with Gasteiger partial charge in [0.1, 0.15) is 22.2 Å². The molecule has 0 unspecified atom stereocenters. The zero-order chi connectivity index (χ0) is 52.6. The van der Waals surface area contributed by atoms with E-state index in [0.29, 0.717) is 62.5 Å². The lowest BCUT2D eigenvalue weighted by Gasteiger charge is -2.36. The highest BCUT2D eigenvalue weighted by Gasteiger charge is 2.42. The van der Waals surface area contributed by atoms with Gasteiger partial charge in [0.15, 0.2) is 23.1 Å². The molecule has 0 aromatic heterocycles. The number of rotatable bonds is 7. The Bertz CT molecular complexity index is 2430. The van der Waals surface area contributed by atoms with Crippen LogP contribution in [0.15, 0.2) is 121 Å². The van der Waals surface area contributed by atoms with Crippen molar-refractivity contribution in [2.45, 2.75) is 125 Å². The van der Waals surface area contributed by atoms with E-state index in [4.69, 9.17) is 22.2 Å². The molecular formula is C51H66N4O4. The van der Waals surface area contributed by atoms with Crippen molar-refractivity contribution in [3.8, 4) is 0 Å².